The molecule has 1 aromatic carbocycles. The summed E-state index contributed by atoms with van der Waals surface area (Å²) in [6.45, 7) is 0. The molecule has 0 amide bonds. The van der Waals surface area contributed by atoms with E-state index in [9.17, 15) is 14.6 Å². The van der Waals surface area contributed by atoms with Crippen LogP contribution in [0.1, 0.15) is 56.6 Å². The van der Waals surface area contributed by atoms with Crippen LogP contribution >= 0.6 is 0 Å². The van der Waals surface area contributed by atoms with E-state index >= 15 is 0 Å². The van der Waals surface area contributed by atoms with Crippen LogP contribution in [0.15, 0.2) is 30.7 Å². The molecule has 0 spiro atoms. The maximum atomic E-state index is 14.6. The van der Waals surface area contributed by atoms with Gasteiger partial charge in [0.25, 0.3) is 0 Å². The van der Waals surface area contributed by atoms with Crippen molar-refractivity contribution in [2.75, 3.05) is 0 Å². The molecule has 1 aliphatic heterocycles. The Hall–Kier alpha value is -1.72. The van der Waals surface area contributed by atoms with Gasteiger partial charge in [-0.05, 0) is 56.4 Å². The van der Waals surface area contributed by atoms with E-state index < -0.39 is 11.7 Å². The Labute approximate surface area is 146 Å². The summed E-state index contributed by atoms with van der Waals surface area (Å²) in [5.41, 5.74) is 1.85. The zero-order valence-electron chi connectivity index (χ0n) is 14.2. The molecule has 0 saturated heterocycles. The van der Waals surface area contributed by atoms with E-state index in [-0.39, 0.29) is 17.3 Å². The second-order valence-corrected chi connectivity index (χ2v) is 8.24. The molecule has 6 rings (SSSR count). The number of hydrogen-bond acceptors (Lipinski definition) is 3. The summed E-state index contributed by atoms with van der Waals surface area (Å²) < 4.78 is 16.6. The van der Waals surface area contributed by atoms with Crippen molar-refractivity contribution in [3.8, 4) is 11.3 Å². The number of aromatic nitrogens is 2. The van der Waals surface area contributed by atoms with Crippen molar-refractivity contribution in [1.29, 1.82) is 0 Å². The Kier molecular flexibility index (Phi) is 3.20. The Morgan fingerprint density at radius 1 is 1.20 bits per heavy atom. The van der Waals surface area contributed by atoms with Gasteiger partial charge in [-0.3, -0.25) is 0 Å². The SMILES string of the molecule is O[C@@H](C[C@@H]1c2c(F)cccc2-c2cncn21)C12CCC(O)(CC1)CC2. The Balaban J connectivity index is 1.47. The van der Waals surface area contributed by atoms with Crippen molar-refractivity contribution < 1.29 is 14.6 Å². The van der Waals surface area contributed by atoms with E-state index in [0.717, 1.165) is 49.8 Å². The zero-order valence-corrected chi connectivity index (χ0v) is 14.2. The first-order chi connectivity index (χ1) is 12.0. The number of halogens is 1. The molecule has 132 valence electrons. The first-order valence-electron chi connectivity index (χ1n) is 9.23. The fraction of sp³-hybridized carbons (Fsp3) is 0.550. The van der Waals surface area contributed by atoms with Gasteiger partial charge in [-0.15, -0.1) is 0 Å². The van der Waals surface area contributed by atoms with Crippen LogP contribution in [0.4, 0.5) is 4.39 Å². The van der Waals surface area contributed by atoms with E-state index in [2.05, 4.69) is 4.98 Å². The topological polar surface area (TPSA) is 58.3 Å². The summed E-state index contributed by atoms with van der Waals surface area (Å²) in [7, 11) is 0. The number of nitrogens with zero attached hydrogens (tertiary/aromatic N) is 2. The van der Waals surface area contributed by atoms with Crippen LogP contribution in [-0.4, -0.2) is 31.5 Å². The van der Waals surface area contributed by atoms with Crippen LogP contribution in [0.25, 0.3) is 11.3 Å². The smallest absolute Gasteiger partial charge is 0.129 e. The average Bonchev–Trinajstić information content (AvgIpc) is 3.19. The van der Waals surface area contributed by atoms with Gasteiger partial charge >= 0.3 is 0 Å². The molecular weight excluding hydrogens is 319 g/mol. The minimum absolute atomic E-state index is 0.126. The number of fused-ring (bicyclic) bond motifs is 6. The lowest BCUT2D eigenvalue weighted by Gasteiger charge is -2.53. The highest BCUT2D eigenvalue weighted by molar-refractivity contribution is 5.69. The van der Waals surface area contributed by atoms with E-state index in [1.54, 1.807) is 18.6 Å². The average molecular weight is 342 g/mol. The molecule has 3 saturated carbocycles. The third-order valence-corrected chi connectivity index (χ3v) is 7.08. The summed E-state index contributed by atoms with van der Waals surface area (Å²) in [6, 6.07) is 4.95. The number of hydrogen-bond donors (Lipinski definition) is 2. The van der Waals surface area contributed by atoms with E-state index in [4.69, 9.17) is 0 Å². The number of imidazole rings is 1. The van der Waals surface area contributed by atoms with Gasteiger partial charge in [0, 0.05) is 11.1 Å². The molecule has 3 fully saturated rings. The van der Waals surface area contributed by atoms with Gasteiger partial charge in [0.2, 0.25) is 0 Å². The number of rotatable bonds is 3. The Morgan fingerprint density at radius 2 is 1.92 bits per heavy atom. The molecule has 2 bridgehead atoms. The number of aliphatic hydroxyl groups excluding tert-OH is 1. The van der Waals surface area contributed by atoms with Crippen molar-refractivity contribution in [1.82, 2.24) is 9.55 Å². The standard InChI is InChI=1S/C20H23FN2O2/c21-14-3-1-2-13-16-11-22-12-23(16)15(18(13)14)10-17(24)19-4-7-20(25,8-5-19)9-6-19/h1-3,11-12,15,17,24-25H,4-10H2/t15-,17+,19?,20?/m1/s1. The molecule has 5 heteroatoms. The largest absolute Gasteiger partial charge is 0.392 e. The van der Waals surface area contributed by atoms with Crippen LogP contribution in [-0.2, 0) is 0 Å². The molecule has 2 aromatic rings. The molecule has 2 N–H and O–H groups in total. The van der Waals surface area contributed by atoms with E-state index in [1.807, 2.05) is 10.6 Å². The van der Waals surface area contributed by atoms with E-state index in [0.29, 0.717) is 12.0 Å². The first kappa shape index (κ1) is 15.5. The molecule has 0 radical (unpaired) electrons. The van der Waals surface area contributed by atoms with Crippen molar-refractivity contribution in [2.24, 2.45) is 5.41 Å². The summed E-state index contributed by atoms with van der Waals surface area (Å²) in [4.78, 5) is 4.22. The van der Waals surface area contributed by atoms with Crippen molar-refractivity contribution in [2.45, 2.75) is 62.7 Å². The van der Waals surface area contributed by atoms with Crippen molar-refractivity contribution >= 4 is 0 Å². The summed E-state index contributed by atoms with van der Waals surface area (Å²) in [5.74, 6) is -0.211. The van der Waals surface area contributed by atoms with Gasteiger partial charge in [-0.25, -0.2) is 9.37 Å². The van der Waals surface area contributed by atoms with Crippen LogP contribution in [0.5, 0.6) is 0 Å². The normalized spacial score (nSPS) is 34.0. The molecule has 0 unspecified atom stereocenters. The van der Waals surface area contributed by atoms with Crippen LogP contribution < -0.4 is 0 Å². The fourth-order valence-corrected chi connectivity index (χ4v) is 5.39. The van der Waals surface area contributed by atoms with Crippen LogP contribution in [0.2, 0.25) is 0 Å². The van der Waals surface area contributed by atoms with Gasteiger partial charge < -0.3 is 14.8 Å². The fourth-order valence-electron chi connectivity index (χ4n) is 5.39. The van der Waals surface area contributed by atoms with Gasteiger partial charge in [0.15, 0.2) is 0 Å². The quantitative estimate of drug-likeness (QED) is 0.898. The minimum atomic E-state index is -0.509. The highest BCUT2D eigenvalue weighted by atomic mass is 19.1. The summed E-state index contributed by atoms with van der Waals surface area (Å²) >= 11 is 0. The van der Waals surface area contributed by atoms with Crippen LogP contribution in [0.3, 0.4) is 0 Å². The predicted octanol–water partition coefficient (Wildman–Crippen LogP) is 3.43. The maximum Gasteiger partial charge on any atom is 0.129 e. The lowest BCUT2D eigenvalue weighted by Crippen LogP contribution is -2.51. The molecule has 2 atom stereocenters. The molecule has 25 heavy (non-hydrogen) atoms. The van der Waals surface area contributed by atoms with Crippen LogP contribution in [0, 0.1) is 11.2 Å². The molecule has 4 aliphatic rings. The van der Waals surface area contributed by atoms with Crippen molar-refractivity contribution in [3.05, 3.63) is 42.1 Å². The molecule has 4 nitrogen and oxygen atoms in total. The zero-order chi connectivity index (χ0) is 17.2. The highest BCUT2D eigenvalue weighted by Crippen LogP contribution is 2.56. The Bertz CT molecular complexity index is 806. The molecule has 3 aliphatic carbocycles. The van der Waals surface area contributed by atoms with Gasteiger partial charge in [0.1, 0.15) is 5.82 Å². The highest BCUT2D eigenvalue weighted by Gasteiger charge is 2.51. The lowest BCUT2D eigenvalue weighted by molar-refractivity contribution is -0.135. The maximum absolute atomic E-state index is 14.6. The summed E-state index contributed by atoms with van der Waals surface area (Å²) in [6.07, 6.45) is 8.41. The summed E-state index contributed by atoms with van der Waals surface area (Å²) in [5, 5.41) is 21.6. The van der Waals surface area contributed by atoms with Gasteiger partial charge in [-0.1, -0.05) is 12.1 Å². The molecule has 2 heterocycles. The van der Waals surface area contributed by atoms with Crippen molar-refractivity contribution in [3.63, 3.8) is 0 Å². The van der Waals surface area contributed by atoms with Gasteiger partial charge in [-0.2, -0.15) is 0 Å². The second kappa shape index (κ2) is 5.15. The van der Waals surface area contributed by atoms with Gasteiger partial charge in [0.05, 0.1) is 36.0 Å². The number of benzene rings is 1. The third kappa shape index (κ3) is 2.15. The monoisotopic (exact) mass is 342 g/mol. The Morgan fingerprint density at radius 3 is 2.64 bits per heavy atom. The lowest BCUT2D eigenvalue weighted by atomic mass is 9.56. The molecular formula is C20H23FN2O2. The first-order valence-corrected chi connectivity index (χ1v) is 9.23. The minimum Gasteiger partial charge on any atom is -0.392 e. The number of aliphatic hydroxyl groups is 2. The second-order valence-electron chi connectivity index (χ2n) is 8.24. The third-order valence-electron chi connectivity index (χ3n) is 7.08. The predicted molar refractivity (Wildman–Crippen MR) is 91.5 cm³/mol. The van der Waals surface area contributed by atoms with E-state index in [1.165, 1.54) is 6.07 Å². The molecule has 1 aromatic heterocycles.